The number of hydrogen-bond donors (Lipinski definition) is 1. The van der Waals surface area contributed by atoms with Crippen LogP contribution in [0.4, 0.5) is 0 Å². The van der Waals surface area contributed by atoms with Crippen LogP contribution in [0.2, 0.25) is 0 Å². The second-order valence-electron chi connectivity index (χ2n) is 4.14. The van der Waals surface area contributed by atoms with Gasteiger partial charge < -0.3 is 10.2 Å². The average molecular weight is 212 g/mol. The van der Waals surface area contributed by atoms with E-state index < -0.39 is 0 Å². The molecule has 1 aliphatic rings. The molecule has 1 N–H and O–H groups in total. The standard InChI is InChI=1S/C11H20N2O2/c1-4-6-13-9(14)7-12-11(15)10(13)8(3)5-2/h8,10H,4-7H2,1-3H3,(H,12,15). The summed E-state index contributed by atoms with van der Waals surface area (Å²) >= 11 is 0. The van der Waals surface area contributed by atoms with Gasteiger partial charge in [-0.3, -0.25) is 9.59 Å². The van der Waals surface area contributed by atoms with Crippen molar-refractivity contribution in [3.05, 3.63) is 0 Å². The van der Waals surface area contributed by atoms with Crippen LogP contribution in [0, 0.1) is 5.92 Å². The number of hydrogen-bond acceptors (Lipinski definition) is 2. The molecule has 0 aliphatic carbocycles. The largest absolute Gasteiger partial charge is 0.345 e. The smallest absolute Gasteiger partial charge is 0.243 e. The van der Waals surface area contributed by atoms with E-state index >= 15 is 0 Å². The molecule has 15 heavy (non-hydrogen) atoms. The fourth-order valence-electron chi connectivity index (χ4n) is 1.96. The van der Waals surface area contributed by atoms with Crippen molar-refractivity contribution in [1.29, 1.82) is 0 Å². The minimum atomic E-state index is -0.267. The number of nitrogens with zero attached hydrogens (tertiary/aromatic N) is 1. The molecule has 1 saturated heterocycles. The first-order valence-corrected chi connectivity index (χ1v) is 5.69. The molecule has 2 unspecified atom stereocenters. The van der Waals surface area contributed by atoms with Crippen LogP contribution in [0.3, 0.4) is 0 Å². The quantitative estimate of drug-likeness (QED) is 0.748. The summed E-state index contributed by atoms with van der Waals surface area (Å²) in [4.78, 5) is 25.1. The van der Waals surface area contributed by atoms with E-state index in [9.17, 15) is 9.59 Å². The van der Waals surface area contributed by atoms with Crippen molar-refractivity contribution in [2.75, 3.05) is 13.1 Å². The summed E-state index contributed by atoms with van der Waals surface area (Å²) in [5.41, 5.74) is 0. The van der Waals surface area contributed by atoms with Gasteiger partial charge in [-0.15, -0.1) is 0 Å². The molecule has 86 valence electrons. The van der Waals surface area contributed by atoms with Crippen molar-refractivity contribution in [1.82, 2.24) is 10.2 Å². The number of piperazine rings is 1. The van der Waals surface area contributed by atoms with Crippen LogP contribution < -0.4 is 5.32 Å². The first kappa shape index (κ1) is 12.0. The van der Waals surface area contributed by atoms with Crippen LogP contribution in [-0.2, 0) is 9.59 Å². The van der Waals surface area contributed by atoms with Gasteiger partial charge in [0.05, 0.1) is 6.54 Å². The third-order valence-corrected chi connectivity index (χ3v) is 2.99. The van der Waals surface area contributed by atoms with Crippen molar-refractivity contribution in [2.24, 2.45) is 5.92 Å². The SMILES string of the molecule is CCCN1C(=O)CNC(=O)C1C(C)CC. The Morgan fingerprint density at radius 1 is 1.47 bits per heavy atom. The first-order chi connectivity index (χ1) is 7.11. The van der Waals surface area contributed by atoms with E-state index in [0.29, 0.717) is 6.54 Å². The molecule has 0 bridgehead atoms. The zero-order valence-corrected chi connectivity index (χ0v) is 9.75. The lowest BCUT2D eigenvalue weighted by Gasteiger charge is -2.37. The van der Waals surface area contributed by atoms with Crippen molar-refractivity contribution in [3.8, 4) is 0 Å². The molecule has 0 aromatic rings. The molecule has 0 radical (unpaired) electrons. The molecule has 0 aromatic heterocycles. The summed E-state index contributed by atoms with van der Waals surface area (Å²) in [6, 6.07) is -0.267. The lowest BCUT2D eigenvalue weighted by molar-refractivity contribution is -0.147. The predicted molar refractivity (Wildman–Crippen MR) is 58.3 cm³/mol. The van der Waals surface area contributed by atoms with E-state index in [4.69, 9.17) is 0 Å². The number of carbonyl (C=O) groups excluding carboxylic acids is 2. The lowest BCUT2D eigenvalue weighted by atomic mass is 9.95. The molecule has 4 heteroatoms. The molecule has 1 rings (SSSR count). The molecule has 0 aromatic carbocycles. The fourth-order valence-corrected chi connectivity index (χ4v) is 1.96. The van der Waals surface area contributed by atoms with Gasteiger partial charge in [0, 0.05) is 6.54 Å². The van der Waals surface area contributed by atoms with Gasteiger partial charge in [-0.25, -0.2) is 0 Å². The maximum Gasteiger partial charge on any atom is 0.243 e. The second kappa shape index (κ2) is 5.14. The monoisotopic (exact) mass is 212 g/mol. The molecule has 1 heterocycles. The highest BCUT2D eigenvalue weighted by atomic mass is 16.2. The molecule has 2 amide bonds. The average Bonchev–Trinajstić information content (AvgIpc) is 2.23. The Morgan fingerprint density at radius 3 is 2.67 bits per heavy atom. The maximum atomic E-state index is 11.7. The Morgan fingerprint density at radius 2 is 2.13 bits per heavy atom. The van der Waals surface area contributed by atoms with Crippen LogP contribution in [0.5, 0.6) is 0 Å². The van der Waals surface area contributed by atoms with Gasteiger partial charge in [-0.1, -0.05) is 27.2 Å². The van der Waals surface area contributed by atoms with E-state index in [1.807, 2.05) is 20.8 Å². The van der Waals surface area contributed by atoms with E-state index in [0.717, 1.165) is 12.8 Å². The van der Waals surface area contributed by atoms with Crippen molar-refractivity contribution < 1.29 is 9.59 Å². The number of carbonyl (C=O) groups is 2. The van der Waals surface area contributed by atoms with Crippen molar-refractivity contribution >= 4 is 11.8 Å². The predicted octanol–water partition coefficient (Wildman–Crippen LogP) is 0.769. The van der Waals surface area contributed by atoms with Crippen LogP contribution in [0.25, 0.3) is 0 Å². The Hall–Kier alpha value is -1.06. The molecule has 2 atom stereocenters. The molecular weight excluding hydrogens is 192 g/mol. The van der Waals surface area contributed by atoms with Crippen molar-refractivity contribution in [3.63, 3.8) is 0 Å². The van der Waals surface area contributed by atoms with Gasteiger partial charge in [0.1, 0.15) is 6.04 Å². The minimum absolute atomic E-state index is 0.00241. The highest BCUT2D eigenvalue weighted by Crippen LogP contribution is 2.18. The highest BCUT2D eigenvalue weighted by Gasteiger charge is 2.36. The Kier molecular flexibility index (Phi) is 4.12. The fraction of sp³-hybridized carbons (Fsp3) is 0.818. The van der Waals surface area contributed by atoms with E-state index in [1.54, 1.807) is 4.90 Å². The summed E-state index contributed by atoms with van der Waals surface area (Å²) in [6.07, 6.45) is 1.80. The topological polar surface area (TPSA) is 49.4 Å². The van der Waals surface area contributed by atoms with Gasteiger partial charge in [0.25, 0.3) is 0 Å². The maximum absolute atomic E-state index is 11.7. The first-order valence-electron chi connectivity index (χ1n) is 5.69. The Bertz CT molecular complexity index is 253. The van der Waals surface area contributed by atoms with E-state index in [-0.39, 0.29) is 30.3 Å². The number of nitrogens with one attached hydrogen (secondary N) is 1. The van der Waals surface area contributed by atoms with Crippen LogP contribution in [0.1, 0.15) is 33.6 Å². The summed E-state index contributed by atoms with van der Waals surface area (Å²) in [6.45, 7) is 6.92. The molecule has 0 saturated carbocycles. The Balaban J connectivity index is 2.82. The number of amides is 2. The molecular formula is C11H20N2O2. The summed E-state index contributed by atoms with van der Waals surface area (Å²) in [7, 11) is 0. The van der Waals surface area contributed by atoms with Gasteiger partial charge in [0.2, 0.25) is 11.8 Å². The number of rotatable bonds is 4. The van der Waals surface area contributed by atoms with Gasteiger partial charge >= 0.3 is 0 Å². The van der Waals surface area contributed by atoms with Gasteiger partial charge in [-0.2, -0.15) is 0 Å². The summed E-state index contributed by atoms with van der Waals surface area (Å²) < 4.78 is 0. The van der Waals surface area contributed by atoms with Crippen LogP contribution in [-0.4, -0.2) is 35.8 Å². The second-order valence-corrected chi connectivity index (χ2v) is 4.14. The molecule has 4 nitrogen and oxygen atoms in total. The highest BCUT2D eigenvalue weighted by molar-refractivity contribution is 5.94. The molecule has 1 aliphatic heterocycles. The summed E-state index contributed by atoms with van der Waals surface area (Å²) in [5, 5.41) is 2.66. The third-order valence-electron chi connectivity index (χ3n) is 2.99. The zero-order chi connectivity index (χ0) is 11.4. The normalized spacial score (nSPS) is 23.9. The molecule has 0 spiro atoms. The van der Waals surface area contributed by atoms with Crippen molar-refractivity contribution in [2.45, 2.75) is 39.7 Å². The van der Waals surface area contributed by atoms with E-state index in [1.165, 1.54) is 0 Å². The summed E-state index contributed by atoms with van der Waals surface area (Å²) in [5.74, 6) is 0.264. The van der Waals surface area contributed by atoms with Crippen LogP contribution in [0.15, 0.2) is 0 Å². The third kappa shape index (κ3) is 2.49. The van der Waals surface area contributed by atoms with E-state index in [2.05, 4.69) is 5.32 Å². The van der Waals surface area contributed by atoms with Gasteiger partial charge in [0.15, 0.2) is 0 Å². The lowest BCUT2D eigenvalue weighted by Crippen LogP contribution is -2.60. The minimum Gasteiger partial charge on any atom is -0.345 e. The zero-order valence-electron chi connectivity index (χ0n) is 9.75. The Labute approximate surface area is 91.0 Å². The van der Waals surface area contributed by atoms with Crippen LogP contribution >= 0.6 is 0 Å². The van der Waals surface area contributed by atoms with Gasteiger partial charge in [-0.05, 0) is 12.3 Å². The molecule has 1 fully saturated rings.